The number of carbonyl (C=O) groups is 1. The zero-order valence-corrected chi connectivity index (χ0v) is 11.3. The molecule has 5 nitrogen and oxygen atoms in total. The monoisotopic (exact) mass is 269 g/mol. The first kappa shape index (κ1) is 13.8. The molecule has 0 atom stereocenters. The number of amides is 1. The number of aromatic nitrogens is 2. The van der Waals surface area contributed by atoms with Gasteiger partial charge in [0.2, 0.25) is 0 Å². The standard InChI is InChI=1S/C15H15N3O2/c1-11-8-12(4-3-7-19)5-6-14(11)17-15(20)13-9-16-18(2)10-13/h5-6,8-10,19H,7H2,1-2H3,(H,17,20). The summed E-state index contributed by atoms with van der Waals surface area (Å²) in [5, 5.41) is 15.5. The number of hydrogen-bond donors (Lipinski definition) is 2. The summed E-state index contributed by atoms with van der Waals surface area (Å²) in [7, 11) is 1.76. The van der Waals surface area contributed by atoms with E-state index in [0.717, 1.165) is 16.8 Å². The second-order valence-electron chi connectivity index (χ2n) is 4.35. The Balaban J connectivity index is 2.16. The fraction of sp³-hybridized carbons (Fsp3) is 0.200. The van der Waals surface area contributed by atoms with E-state index in [2.05, 4.69) is 22.3 Å². The van der Waals surface area contributed by atoms with Crippen LogP contribution in [0.5, 0.6) is 0 Å². The molecule has 2 rings (SSSR count). The number of aliphatic hydroxyl groups is 1. The molecule has 2 N–H and O–H groups in total. The Bertz CT molecular complexity index is 693. The SMILES string of the molecule is Cc1cc(C#CCO)ccc1NC(=O)c1cnn(C)c1. The third-order valence-corrected chi connectivity index (χ3v) is 2.75. The maximum Gasteiger partial charge on any atom is 0.258 e. The second-order valence-corrected chi connectivity index (χ2v) is 4.35. The van der Waals surface area contributed by atoms with Crippen LogP contribution in [0.25, 0.3) is 0 Å². The number of nitrogens with zero attached hydrogens (tertiary/aromatic N) is 2. The van der Waals surface area contributed by atoms with E-state index in [1.165, 1.54) is 6.20 Å². The van der Waals surface area contributed by atoms with Gasteiger partial charge in [0.05, 0.1) is 11.8 Å². The summed E-state index contributed by atoms with van der Waals surface area (Å²) in [6.07, 6.45) is 3.18. The van der Waals surface area contributed by atoms with Crippen LogP contribution in [0.3, 0.4) is 0 Å². The van der Waals surface area contributed by atoms with Crippen LogP contribution in [0.4, 0.5) is 5.69 Å². The summed E-state index contributed by atoms with van der Waals surface area (Å²) in [4.78, 5) is 12.0. The van der Waals surface area contributed by atoms with E-state index in [9.17, 15) is 4.79 Å². The molecule has 0 fully saturated rings. The van der Waals surface area contributed by atoms with Crippen molar-refractivity contribution in [1.29, 1.82) is 0 Å². The molecular formula is C15H15N3O2. The third-order valence-electron chi connectivity index (χ3n) is 2.75. The summed E-state index contributed by atoms with van der Waals surface area (Å²) in [6.45, 7) is 1.72. The molecule has 0 spiro atoms. The van der Waals surface area contributed by atoms with Gasteiger partial charge in [-0.3, -0.25) is 9.48 Å². The quantitative estimate of drug-likeness (QED) is 0.808. The Morgan fingerprint density at radius 2 is 2.30 bits per heavy atom. The van der Waals surface area contributed by atoms with Gasteiger partial charge in [0.1, 0.15) is 6.61 Å². The van der Waals surface area contributed by atoms with E-state index in [-0.39, 0.29) is 12.5 Å². The second kappa shape index (κ2) is 6.04. The molecule has 1 aromatic carbocycles. The molecule has 0 aliphatic rings. The fourth-order valence-corrected chi connectivity index (χ4v) is 1.76. The summed E-state index contributed by atoms with van der Waals surface area (Å²) >= 11 is 0. The molecule has 20 heavy (non-hydrogen) atoms. The minimum atomic E-state index is -0.199. The zero-order chi connectivity index (χ0) is 14.5. The molecule has 2 aromatic rings. The molecule has 0 radical (unpaired) electrons. The van der Waals surface area contributed by atoms with Gasteiger partial charge >= 0.3 is 0 Å². The van der Waals surface area contributed by atoms with Crippen LogP contribution < -0.4 is 5.32 Å². The van der Waals surface area contributed by atoms with Crippen LogP contribution in [0.15, 0.2) is 30.6 Å². The number of rotatable bonds is 2. The first-order valence-corrected chi connectivity index (χ1v) is 6.10. The Morgan fingerprint density at radius 1 is 1.50 bits per heavy atom. The van der Waals surface area contributed by atoms with Crippen LogP contribution in [0.2, 0.25) is 0 Å². The van der Waals surface area contributed by atoms with Crippen molar-refractivity contribution in [3.8, 4) is 11.8 Å². The van der Waals surface area contributed by atoms with Gasteiger partial charge in [0, 0.05) is 24.5 Å². The van der Waals surface area contributed by atoms with Crippen molar-refractivity contribution < 1.29 is 9.90 Å². The normalized spacial score (nSPS) is 9.75. The topological polar surface area (TPSA) is 67.2 Å². The van der Waals surface area contributed by atoms with Gasteiger partial charge in [-0.15, -0.1) is 0 Å². The molecule has 1 heterocycles. The van der Waals surface area contributed by atoms with Crippen molar-refractivity contribution in [2.45, 2.75) is 6.92 Å². The van der Waals surface area contributed by atoms with Crippen molar-refractivity contribution in [3.05, 3.63) is 47.3 Å². The van der Waals surface area contributed by atoms with Crippen LogP contribution >= 0.6 is 0 Å². The predicted molar refractivity (Wildman–Crippen MR) is 76.3 cm³/mol. The molecule has 5 heteroatoms. The van der Waals surface area contributed by atoms with Gasteiger partial charge in [-0.25, -0.2) is 0 Å². The summed E-state index contributed by atoms with van der Waals surface area (Å²) in [5.74, 6) is 5.21. The Morgan fingerprint density at radius 3 is 2.90 bits per heavy atom. The zero-order valence-electron chi connectivity index (χ0n) is 11.3. The third kappa shape index (κ3) is 3.25. The van der Waals surface area contributed by atoms with E-state index in [1.54, 1.807) is 30.1 Å². The number of nitrogens with one attached hydrogen (secondary N) is 1. The number of hydrogen-bond acceptors (Lipinski definition) is 3. The van der Waals surface area contributed by atoms with Crippen molar-refractivity contribution in [2.24, 2.45) is 7.05 Å². The average molecular weight is 269 g/mol. The van der Waals surface area contributed by atoms with E-state index < -0.39 is 0 Å². The number of aliphatic hydroxyl groups excluding tert-OH is 1. The number of anilines is 1. The number of aryl methyl sites for hydroxylation is 2. The first-order chi connectivity index (χ1) is 9.60. The highest BCUT2D eigenvalue weighted by atomic mass is 16.2. The molecule has 1 aromatic heterocycles. The molecule has 0 aliphatic heterocycles. The van der Waals surface area contributed by atoms with Gasteiger partial charge in [-0.05, 0) is 30.7 Å². The predicted octanol–water partition coefficient (Wildman–Crippen LogP) is 1.32. The first-order valence-electron chi connectivity index (χ1n) is 6.10. The van der Waals surface area contributed by atoms with E-state index in [4.69, 9.17) is 5.11 Å². The lowest BCUT2D eigenvalue weighted by Gasteiger charge is -2.07. The van der Waals surface area contributed by atoms with Gasteiger partial charge in [-0.1, -0.05) is 11.8 Å². The minimum absolute atomic E-state index is 0.168. The molecule has 0 saturated heterocycles. The molecule has 0 unspecified atom stereocenters. The summed E-state index contributed by atoms with van der Waals surface area (Å²) in [6, 6.07) is 5.46. The Kier molecular flexibility index (Phi) is 4.18. The highest BCUT2D eigenvalue weighted by molar-refractivity contribution is 6.04. The Hall–Kier alpha value is -2.58. The average Bonchev–Trinajstić information content (AvgIpc) is 2.86. The molecule has 1 amide bonds. The lowest BCUT2D eigenvalue weighted by molar-refractivity contribution is 0.102. The number of benzene rings is 1. The largest absolute Gasteiger partial charge is 0.384 e. The van der Waals surface area contributed by atoms with Crippen LogP contribution in [-0.2, 0) is 7.05 Å². The lowest BCUT2D eigenvalue weighted by atomic mass is 10.1. The van der Waals surface area contributed by atoms with Crippen molar-refractivity contribution in [1.82, 2.24) is 9.78 Å². The van der Waals surface area contributed by atoms with Crippen molar-refractivity contribution in [2.75, 3.05) is 11.9 Å². The van der Waals surface area contributed by atoms with Gasteiger partial charge in [0.25, 0.3) is 5.91 Å². The Labute approximate surface area is 117 Å². The van der Waals surface area contributed by atoms with E-state index >= 15 is 0 Å². The van der Waals surface area contributed by atoms with Gasteiger partial charge in [-0.2, -0.15) is 5.10 Å². The summed E-state index contributed by atoms with van der Waals surface area (Å²) in [5.41, 5.74) is 2.95. The highest BCUT2D eigenvalue weighted by Crippen LogP contribution is 2.17. The lowest BCUT2D eigenvalue weighted by Crippen LogP contribution is -2.12. The van der Waals surface area contributed by atoms with E-state index in [1.807, 2.05) is 13.0 Å². The molecule has 0 aliphatic carbocycles. The van der Waals surface area contributed by atoms with Crippen LogP contribution in [0.1, 0.15) is 21.5 Å². The van der Waals surface area contributed by atoms with Crippen molar-refractivity contribution >= 4 is 11.6 Å². The smallest absolute Gasteiger partial charge is 0.258 e. The van der Waals surface area contributed by atoms with Crippen LogP contribution in [0, 0.1) is 18.8 Å². The maximum atomic E-state index is 12.0. The molecule has 0 bridgehead atoms. The van der Waals surface area contributed by atoms with Gasteiger partial charge in [0.15, 0.2) is 0 Å². The molecular weight excluding hydrogens is 254 g/mol. The van der Waals surface area contributed by atoms with Crippen LogP contribution in [-0.4, -0.2) is 27.4 Å². The number of carbonyl (C=O) groups excluding carboxylic acids is 1. The highest BCUT2D eigenvalue weighted by Gasteiger charge is 2.09. The minimum Gasteiger partial charge on any atom is -0.384 e. The summed E-state index contributed by atoms with van der Waals surface area (Å²) < 4.78 is 1.58. The maximum absolute atomic E-state index is 12.0. The van der Waals surface area contributed by atoms with E-state index in [0.29, 0.717) is 5.56 Å². The fourth-order valence-electron chi connectivity index (χ4n) is 1.76. The molecule has 0 saturated carbocycles. The molecule has 102 valence electrons. The van der Waals surface area contributed by atoms with Crippen molar-refractivity contribution in [3.63, 3.8) is 0 Å². The van der Waals surface area contributed by atoms with Gasteiger partial charge < -0.3 is 10.4 Å².